The van der Waals surface area contributed by atoms with Crippen molar-refractivity contribution in [1.29, 1.82) is 0 Å². The van der Waals surface area contributed by atoms with Crippen LogP contribution in [0.4, 0.5) is 10.5 Å². The van der Waals surface area contributed by atoms with Crippen molar-refractivity contribution in [2.24, 2.45) is 5.92 Å². The highest BCUT2D eigenvalue weighted by Gasteiger charge is 2.14. The van der Waals surface area contributed by atoms with Gasteiger partial charge in [-0.2, -0.15) is 0 Å². The van der Waals surface area contributed by atoms with Gasteiger partial charge in [-0.1, -0.05) is 18.2 Å². The molecule has 1 aliphatic heterocycles. The van der Waals surface area contributed by atoms with Crippen LogP contribution in [0.1, 0.15) is 18.4 Å². The second-order valence-electron chi connectivity index (χ2n) is 5.29. The third kappa shape index (κ3) is 5.36. The Balaban J connectivity index is 1.81. The van der Waals surface area contributed by atoms with Crippen LogP contribution in [-0.4, -0.2) is 39.5 Å². The third-order valence-corrected chi connectivity index (χ3v) is 3.73. The minimum Gasteiger partial charge on any atom is -0.384 e. The summed E-state index contributed by atoms with van der Waals surface area (Å²) in [4.78, 5) is 12.0. The summed E-state index contributed by atoms with van der Waals surface area (Å²) < 4.78 is 10.4. The minimum atomic E-state index is -0.147. The second-order valence-corrected chi connectivity index (χ2v) is 5.29. The summed E-state index contributed by atoms with van der Waals surface area (Å²) in [7, 11) is 1.68. The van der Waals surface area contributed by atoms with Crippen LogP contribution < -0.4 is 10.6 Å². The Hall–Kier alpha value is -1.59. The van der Waals surface area contributed by atoms with E-state index in [1.807, 2.05) is 24.3 Å². The van der Waals surface area contributed by atoms with Crippen LogP contribution in [0, 0.1) is 5.92 Å². The molecule has 21 heavy (non-hydrogen) atoms. The summed E-state index contributed by atoms with van der Waals surface area (Å²) in [6, 6.07) is 7.67. The summed E-state index contributed by atoms with van der Waals surface area (Å²) in [6.45, 7) is 2.94. The van der Waals surface area contributed by atoms with Gasteiger partial charge >= 0.3 is 6.03 Å². The summed E-state index contributed by atoms with van der Waals surface area (Å²) in [5.74, 6) is 0.522. The number of amides is 2. The average Bonchev–Trinajstić information content (AvgIpc) is 2.53. The number of benzene rings is 1. The molecular weight excluding hydrogens is 268 g/mol. The molecule has 0 unspecified atom stereocenters. The van der Waals surface area contributed by atoms with Gasteiger partial charge in [0, 0.05) is 32.6 Å². The van der Waals surface area contributed by atoms with Crippen molar-refractivity contribution in [3.63, 3.8) is 0 Å². The summed E-state index contributed by atoms with van der Waals surface area (Å²) in [6.07, 6.45) is 2.82. The molecule has 0 aliphatic carbocycles. The van der Waals surface area contributed by atoms with Gasteiger partial charge in [0.2, 0.25) is 0 Å². The number of methoxy groups -OCH3 is 1. The van der Waals surface area contributed by atoms with Gasteiger partial charge in [0.1, 0.15) is 0 Å². The zero-order valence-corrected chi connectivity index (χ0v) is 12.6. The number of carbonyl (C=O) groups excluding carboxylic acids is 1. The predicted octanol–water partition coefficient (Wildman–Crippen LogP) is 2.42. The van der Waals surface area contributed by atoms with E-state index in [0.717, 1.165) is 43.7 Å². The van der Waals surface area contributed by atoms with E-state index in [1.54, 1.807) is 7.11 Å². The predicted molar refractivity (Wildman–Crippen MR) is 82.6 cm³/mol. The lowest BCUT2D eigenvalue weighted by molar-refractivity contribution is 0.0671. The first-order chi connectivity index (χ1) is 10.3. The highest BCUT2D eigenvalue weighted by Crippen LogP contribution is 2.16. The normalized spacial score (nSPS) is 15.7. The first-order valence-corrected chi connectivity index (χ1v) is 7.49. The van der Waals surface area contributed by atoms with Crippen LogP contribution in [0.5, 0.6) is 0 Å². The molecule has 1 aromatic carbocycles. The number of urea groups is 1. The molecule has 1 saturated heterocycles. The molecule has 1 fully saturated rings. The van der Waals surface area contributed by atoms with Crippen molar-refractivity contribution in [3.8, 4) is 0 Å². The standard InChI is InChI=1S/C16H24N2O3/c1-20-9-8-14-4-2-3-5-15(14)18-16(19)17-12-13-6-10-21-11-7-13/h2-5,13H,6-12H2,1H3,(H2,17,18,19). The molecule has 0 radical (unpaired) electrons. The lowest BCUT2D eigenvalue weighted by Gasteiger charge is -2.22. The maximum absolute atomic E-state index is 12.0. The molecule has 2 N–H and O–H groups in total. The van der Waals surface area contributed by atoms with Gasteiger partial charge in [-0.3, -0.25) is 0 Å². The van der Waals surface area contributed by atoms with Crippen LogP contribution in [-0.2, 0) is 15.9 Å². The number of nitrogens with one attached hydrogen (secondary N) is 2. The maximum Gasteiger partial charge on any atom is 0.319 e. The van der Waals surface area contributed by atoms with E-state index in [-0.39, 0.29) is 6.03 Å². The van der Waals surface area contributed by atoms with E-state index in [0.29, 0.717) is 19.1 Å². The lowest BCUT2D eigenvalue weighted by Crippen LogP contribution is -2.35. The SMILES string of the molecule is COCCc1ccccc1NC(=O)NCC1CCOCC1. The minimum absolute atomic E-state index is 0.147. The van der Waals surface area contributed by atoms with Gasteiger partial charge in [-0.05, 0) is 36.8 Å². The topological polar surface area (TPSA) is 59.6 Å². The van der Waals surface area contributed by atoms with Gasteiger partial charge in [-0.15, -0.1) is 0 Å². The van der Waals surface area contributed by atoms with Crippen LogP contribution >= 0.6 is 0 Å². The highest BCUT2D eigenvalue weighted by molar-refractivity contribution is 5.90. The number of hydrogen-bond donors (Lipinski definition) is 2. The number of ether oxygens (including phenoxy) is 2. The lowest BCUT2D eigenvalue weighted by atomic mass is 10.0. The van der Waals surface area contributed by atoms with Crippen molar-refractivity contribution >= 4 is 11.7 Å². The van der Waals surface area contributed by atoms with Crippen molar-refractivity contribution in [3.05, 3.63) is 29.8 Å². The smallest absolute Gasteiger partial charge is 0.319 e. The van der Waals surface area contributed by atoms with Crippen LogP contribution in [0.2, 0.25) is 0 Å². The molecule has 5 heteroatoms. The van der Waals surface area contributed by atoms with Crippen LogP contribution in [0.3, 0.4) is 0 Å². The Morgan fingerprint density at radius 3 is 2.86 bits per heavy atom. The third-order valence-electron chi connectivity index (χ3n) is 3.73. The van der Waals surface area contributed by atoms with E-state index < -0.39 is 0 Å². The number of hydrogen-bond acceptors (Lipinski definition) is 3. The number of para-hydroxylation sites is 1. The van der Waals surface area contributed by atoms with E-state index in [4.69, 9.17) is 9.47 Å². The van der Waals surface area contributed by atoms with Gasteiger partial charge in [0.05, 0.1) is 6.61 Å². The molecule has 1 aromatic rings. The van der Waals surface area contributed by atoms with Crippen molar-refractivity contribution in [1.82, 2.24) is 5.32 Å². The monoisotopic (exact) mass is 292 g/mol. The molecular formula is C16H24N2O3. The molecule has 0 atom stereocenters. The first-order valence-electron chi connectivity index (χ1n) is 7.49. The van der Waals surface area contributed by atoms with Gasteiger partial charge in [-0.25, -0.2) is 4.79 Å². The molecule has 0 aromatic heterocycles. The molecule has 116 valence electrons. The molecule has 2 rings (SSSR count). The quantitative estimate of drug-likeness (QED) is 0.846. The van der Waals surface area contributed by atoms with E-state index in [9.17, 15) is 4.79 Å². The molecule has 5 nitrogen and oxygen atoms in total. The Morgan fingerprint density at radius 1 is 1.33 bits per heavy atom. The summed E-state index contributed by atoms with van der Waals surface area (Å²) in [5, 5.41) is 5.87. The molecule has 2 amide bonds. The van der Waals surface area contributed by atoms with E-state index in [2.05, 4.69) is 10.6 Å². The Bertz CT molecular complexity index is 445. The largest absolute Gasteiger partial charge is 0.384 e. The fraction of sp³-hybridized carbons (Fsp3) is 0.562. The fourth-order valence-corrected chi connectivity index (χ4v) is 2.43. The van der Waals surface area contributed by atoms with Crippen molar-refractivity contribution < 1.29 is 14.3 Å². The Morgan fingerprint density at radius 2 is 2.10 bits per heavy atom. The zero-order chi connectivity index (χ0) is 14.9. The van der Waals surface area contributed by atoms with E-state index >= 15 is 0 Å². The Labute approximate surface area is 126 Å². The molecule has 0 saturated carbocycles. The molecule has 1 heterocycles. The van der Waals surface area contributed by atoms with E-state index in [1.165, 1.54) is 0 Å². The summed E-state index contributed by atoms with van der Waals surface area (Å²) in [5.41, 5.74) is 1.93. The number of carbonyl (C=O) groups is 1. The van der Waals surface area contributed by atoms with Gasteiger partial charge < -0.3 is 20.1 Å². The first kappa shape index (κ1) is 15.8. The fourth-order valence-electron chi connectivity index (χ4n) is 2.43. The van der Waals surface area contributed by atoms with Crippen molar-refractivity contribution in [2.75, 3.05) is 38.8 Å². The molecule has 1 aliphatic rings. The van der Waals surface area contributed by atoms with Gasteiger partial charge in [0.15, 0.2) is 0 Å². The van der Waals surface area contributed by atoms with Crippen LogP contribution in [0.15, 0.2) is 24.3 Å². The highest BCUT2D eigenvalue weighted by atomic mass is 16.5. The second kappa shape index (κ2) is 8.64. The number of anilines is 1. The zero-order valence-electron chi connectivity index (χ0n) is 12.6. The van der Waals surface area contributed by atoms with Crippen molar-refractivity contribution in [2.45, 2.75) is 19.3 Å². The van der Waals surface area contributed by atoms with Gasteiger partial charge in [0.25, 0.3) is 0 Å². The number of rotatable bonds is 6. The molecule has 0 spiro atoms. The average molecular weight is 292 g/mol. The summed E-state index contributed by atoms with van der Waals surface area (Å²) >= 11 is 0. The maximum atomic E-state index is 12.0. The Kier molecular flexibility index (Phi) is 6.50. The van der Waals surface area contributed by atoms with Crippen LogP contribution in [0.25, 0.3) is 0 Å². The molecule has 0 bridgehead atoms.